The van der Waals surface area contributed by atoms with Crippen molar-refractivity contribution in [2.45, 2.75) is 0 Å². The van der Waals surface area contributed by atoms with Crippen molar-refractivity contribution < 1.29 is 4.79 Å². The van der Waals surface area contributed by atoms with Crippen LogP contribution in [0.2, 0.25) is 0 Å². The molecule has 1 atom stereocenters. The highest BCUT2D eigenvalue weighted by Gasteiger charge is 2.02. The zero-order valence-electron chi connectivity index (χ0n) is 4.74. The molecule has 0 saturated carbocycles. The Morgan fingerprint density at radius 1 is 1.67 bits per heavy atom. The summed E-state index contributed by atoms with van der Waals surface area (Å²) in [6.07, 6.45) is 0. The summed E-state index contributed by atoms with van der Waals surface area (Å²) in [5.74, 6) is 1.38. The zero-order chi connectivity index (χ0) is 6.85. The fourth-order valence-corrected chi connectivity index (χ4v) is 1.55. The molecule has 0 spiro atoms. The van der Waals surface area contributed by atoms with E-state index >= 15 is 0 Å². The first-order chi connectivity index (χ1) is 4.22. The number of carbonyl (C=O) groups is 1. The van der Waals surface area contributed by atoms with Gasteiger partial charge in [0, 0.05) is 0 Å². The van der Waals surface area contributed by atoms with Crippen LogP contribution in [0.1, 0.15) is 10.1 Å². The van der Waals surface area contributed by atoms with Crippen LogP contribution in [0.4, 0.5) is 0 Å². The first-order valence-corrected chi connectivity index (χ1v) is 3.92. The summed E-state index contributed by atoms with van der Waals surface area (Å²) in [5.41, 5.74) is 10.5. The van der Waals surface area contributed by atoms with Gasteiger partial charge in [0.2, 0.25) is 0 Å². The van der Waals surface area contributed by atoms with E-state index < -0.39 is 13.6 Å². The van der Waals surface area contributed by atoms with E-state index in [2.05, 4.69) is 0 Å². The Morgan fingerprint density at radius 3 is 2.56 bits per heavy atom. The molecule has 0 aliphatic rings. The molecule has 1 heterocycles. The Labute approximate surface area is 53.8 Å². The quantitative estimate of drug-likeness (QED) is 0.598. The second-order valence-electron chi connectivity index (χ2n) is 1.66. The maximum Gasteiger partial charge on any atom is 0.253 e. The number of hydrogen-bond donors (Lipinski definition) is 2. The van der Waals surface area contributed by atoms with E-state index in [9.17, 15) is 4.79 Å². The zero-order valence-corrected chi connectivity index (χ0v) is 5.64. The Kier molecular flexibility index (Phi) is 1.56. The first kappa shape index (κ1) is 6.33. The molecule has 4 N–H and O–H groups in total. The number of nitrogen functional groups attached to an aromatic ring is 1. The van der Waals surface area contributed by atoms with Crippen molar-refractivity contribution in [3.05, 3.63) is 23.2 Å². The summed E-state index contributed by atoms with van der Waals surface area (Å²) in [7, 11) is -0.862. The van der Waals surface area contributed by atoms with E-state index in [0.29, 0.717) is 5.30 Å². The van der Waals surface area contributed by atoms with Gasteiger partial charge in [0.1, 0.15) is 0 Å². The summed E-state index contributed by atoms with van der Waals surface area (Å²) in [5, 5.41) is 0.546. The highest BCUT2D eigenvalue weighted by molar-refractivity contribution is 7.50. The van der Waals surface area contributed by atoms with Gasteiger partial charge in [-0.3, -0.25) is 10.3 Å². The molecule has 1 unspecified atom stereocenters. The Morgan fingerprint density at radius 2 is 2.33 bits per heavy atom. The molecule has 0 aliphatic carbocycles. The second kappa shape index (κ2) is 2.21. The van der Waals surface area contributed by atoms with Gasteiger partial charge in [-0.2, -0.15) is 0 Å². The van der Waals surface area contributed by atoms with Crippen LogP contribution in [-0.4, -0.2) is 5.91 Å². The number of carbonyl (C=O) groups excluding carboxylic acids is 1. The molecule has 3 nitrogen and oxygen atoms in total. The van der Waals surface area contributed by atoms with Crippen LogP contribution in [0, 0.1) is 0 Å². The predicted octanol–water partition coefficient (Wildman–Crippen LogP) is 0.486. The smallest absolute Gasteiger partial charge is 0.253 e. The predicted molar refractivity (Wildman–Crippen MR) is 37.8 cm³/mol. The average molecular weight is 142 g/mol. The van der Waals surface area contributed by atoms with Gasteiger partial charge in [-0.25, -0.2) is 0 Å². The summed E-state index contributed by atoms with van der Waals surface area (Å²) >= 11 is 0. The highest BCUT2D eigenvalue weighted by Crippen LogP contribution is 2.23. The molecule has 4 heteroatoms. The normalized spacial score (nSPS) is 11.4. The van der Waals surface area contributed by atoms with Crippen molar-refractivity contribution in [3.63, 3.8) is 0 Å². The molecule has 0 fully saturated rings. The van der Waals surface area contributed by atoms with E-state index in [1.54, 1.807) is 17.9 Å². The van der Waals surface area contributed by atoms with Gasteiger partial charge in [-0.1, -0.05) is 6.07 Å². The van der Waals surface area contributed by atoms with Crippen LogP contribution in [-0.2, 0) is 0 Å². The molecule has 1 aromatic rings. The largest absolute Gasteiger partial charge is 0.365 e. The third-order valence-electron chi connectivity index (χ3n) is 1.03. The summed E-state index contributed by atoms with van der Waals surface area (Å²) in [4.78, 5) is 10.5. The van der Waals surface area contributed by atoms with Gasteiger partial charge < -0.3 is 5.73 Å². The summed E-state index contributed by atoms with van der Waals surface area (Å²) < 4.78 is 0. The third kappa shape index (κ3) is 1.12. The SMILES string of the molecule is NC(=O)c1cccp1N. The maximum absolute atomic E-state index is 10.5. The minimum atomic E-state index is -0.862. The molecule has 0 bridgehead atoms. The molecule has 1 amide bonds. The van der Waals surface area contributed by atoms with Crippen LogP contribution in [0.25, 0.3) is 0 Å². The topological polar surface area (TPSA) is 69.1 Å². The highest BCUT2D eigenvalue weighted by atomic mass is 31.1. The molecule has 1 rings (SSSR count). The molecule has 0 aromatic carbocycles. The van der Waals surface area contributed by atoms with E-state index in [0.717, 1.165) is 0 Å². The fraction of sp³-hybridized carbons (Fsp3) is 0. The minimum absolute atomic E-state index is 0.409. The van der Waals surface area contributed by atoms with Gasteiger partial charge in [-0.15, -0.1) is 0 Å². The molecule has 9 heavy (non-hydrogen) atoms. The minimum Gasteiger partial charge on any atom is -0.365 e. The first-order valence-electron chi connectivity index (χ1n) is 2.44. The van der Waals surface area contributed by atoms with Crippen molar-refractivity contribution in [2.24, 2.45) is 5.73 Å². The molecule has 0 aliphatic heterocycles. The van der Waals surface area contributed by atoms with Crippen molar-refractivity contribution >= 4 is 13.6 Å². The van der Waals surface area contributed by atoms with Gasteiger partial charge in [0.25, 0.3) is 5.91 Å². The van der Waals surface area contributed by atoms with Crippen LogP contribution >= 0.6 is 7.68 Å². The molecule has 48 valence electrons. The summed E-state index contributed by atoms with van der Waals surface area (Å²) in [6, 6.07) is 3.42. The van der Waals surface area contributed by atoms with E-state index in [-0.39, 0.29) is 0 Å². The lowest BCUT2D eigenvalue weighted by Crippen LogP contribution is -2.09. The van der Waals surface area contributed by atoms with Crippen molar-refractivity contribution in [2.75, 3.05) is 5.50 Å². The van der Waals surface area contributed by atoms with E-state index in [4.69, 9.17) is 11.2 Å². The third-order valence-corrected chi connectivity index (χ3v) is 2.45. The Bertz CT molecular complexity index is 231. The van der Waals surface area contributed by atoms with Gasteiger partial charge in [0.15, 0.2) is 0 Å². The lowest BCUT2D eigenvalue weighted by Gasteiger charge is -1.89. The average Bonchev–Trinajstić information content (AvgIpc) is 2.13. The molecular weight excluding hydrogens is 135 g/mol. The number of nitrogens with two attached hydrogens (primary N) is 2. The van der Waals surface area contributed by atoms with Crippen LogP contribution in [0.5, 0.6) is 0 Å². The number of rotatable bonds is 1. The lowest BCUT2D eigenvalue weighted by atomic mass is 10.5. The molecule has 0 saturated heterocycles. The number of hydrogen-bond acceptors (Lipinski definition) is 2. The van der Waals surface area contributed by atoms with E-state index in [1.807, 2.05) is 0 Å². The van der Waals surface area contributed by atoms with Crippen molar-refractivity contribution in [3.8, 4) is 0 Å². The number of amides is 1. The monoisotopic (exact) mass is 142 g/mol. The standard InChI is InChI=1S/C5H7N2OP/c6-5(8)4-2-1-3-9(4)7/h1-3H,7H2,(H2,6,8). The lowest BCUT2D eigenvalue weighted by molar-refractivity contribution is 0.100. The second-order valence-corrected chi connectivity index (χ2v) is 3.26. The number of primary amides is 1. The Hall–Kier alpha value is -0.790. The van der Waals surface area contributed by atoms with Gasteiger partial charge in [0.05, 0.1) is 5.30 Å². The van der Waals surface area contributed by atoms with Crippen LogP contribution < -0.4 is 11.2 Å². The summed E-state index contributed by atoms with van der Waals surface area (Å²) in [6.45, 7) is 0. The van der Waals surface area contributed by atoms with Gasteiger partial charge in [-0.05, 0) is 19.5 Å². The van der Waals surface area contributed by atoms with Crippen molar-refractivity contribution in [1.29, 1.82) is 0 Å². The Balaban J connectivity index is 3.08. The molecular formula is C5H7N2OP. The van der Waals surface area contributed by atoms with Crippen LogP contribution in [0.15, 0.2) is 17.9 Å². The fourth-order valence-electron chi connectivity index (χ4n) is 0.603. The van der Waals surface area contributed by atoms with Crippen molar-refractivity contribution in [1.82, 2.24) is 0 Å². The molecule has 0 radical (unpaired) electrons. The van der Waals surface area contributed by atoms with Crippen LogP contribution in [0.3, 0.4) is 0 Å². The van der Waals surface area contributed by atoms with E-state index in [1.165, 1.54) is 0 Å². The molecule has 1 aromatic heterocycles. The maximum atomic E-state index is 10.5. The van der Waals surface area contributed by atoms with Gasteiger partial charge >= 0.3 is 0 Å².